The van der Waals surface area contributed by atoms with Gasteiger partial charge in [0.2, 0.25) is 0 Å². The third-order valence-electron chi connectivity index (χ3n) is 3.98. The third-order valence-corrected chi connectivity index (χ3v) is 4.67. The predicted molar refractivity (Wildman–Crippen MR) is 108 cm³/mol. The van der Waals surface area contributed by atoms with E-state index in [1.54, 1.807) is 26.1 Å². The molecule has 0 saturated carbocycles. The molecule has 0 atom stereocenters. The van der Waals surface area contributed by atoms with E-state index in [4.69, 9.17) is 0 Å². The second-order valence-electron chi connectivity index (χ2n) is 6.35. The van der Waals surface area contributed by atoms with Crippen LogP contribution in [0.2, 0.25) is 0 Å². The summed E-state index contributed by atoms with van der Waals surface area (Å²) in [5, 5.41) is 7.91. The first-order valence-corrected chi connectivity index (χ1v) is 9.79. The number of hydrogen-bond donors (Lipinski definition) is 0. The Hall–Kier alpha value is -3.27. The van der Waals surface area contributed by atoms with E-state index in [2.05, 4.69) is 14.8 Å². The number of hydrogen-bond acceptors (Lipinski definition) is 4. The Labute approximate surface area is 178 Å². The van der Waals surface area contributed by atoms with Gasteiger partial charge in [-0.3, -0.25) is 0 Å². The molecule has 0 amide bonds. The Bertz CT molecular complexity index is 1120. The number of aryl methyl sites for hydroxylation is 2. The normalized spacial score (nSPS) is 11.1. The fourth-order valence-electron chi connectivity index (χ4n) is 2.58. The highest BCUT2D eigenvalue weighted by molar-refractivity contribution is 7.08. The van der Waals surface area contributed by atoms with Gasteiger partial charge >= 0.3 is 6.36 Å². The lowest BCUT2D eigenvalue weighted by Crippen LogP contribution is -2.16. The van der Waals surface area contributed by atoms with E-state index in [1.165, 1.54) is 46.4 Å². The first-order chi connectivity index (χ1) is 14.6. The third kappa shape index (κ3) is 5.88. The molecule has 0 aliphatic carbocycles. The molecule has 2 aromatic carbocycles. The van der Waals surface area contributed by atoms with E-state index in [0.29, 0.717) is 5.82 Å². The number of ether oxygens (including phenoxy) is 1. The van der Waals surface area contributed by atoms with Crippen molar-refractivity contribution in [1.82, 2.24) is 14.8 Å². The van der Waals surface area contributed by atoms with Gasteiger partial charge in [-0.25, -0.2) is 18.4 Å². The van der Waals surface area contributed by atoms with Crippen LogP contribution in [0, 0.1) is 18.6 Å². The van der Waals surface area contributed by atoms with Crippen molar-refractivity contribution in [3.63, 3.8) is 0 Å². The zero-order chi connectivity index (χ0) is 22.6. The molecular weight excluding hydrogens is 437 g/mol. The summed E-state index contributed by atoms with van der Waals surface area (Å²) in [5.74, 6) is -0.878. The quantitative estimate of drug-likeness (QED) is 0.338. The summed E-state index contributed by atoms with van der Waals surface area (Å²) < 4.78 is 67.4. The molecule has 0 fully saturated rings. The Morgan fingerprint density at radius 3 is 2.16 bits per heavy atom. The molecule has 0 bridgehead atoms. The van der Waals surface area contributed by atoms with Crippen LogP contribution in [-0.2, 0) is 7.05 Å². The van der Waals surface area contributed by atoms with Crippen LogP contribution in [0.25, 0.3) is 22.8 Å². The first kappa shape index (κ1) is 22.4. The minimum Gasteiger partial charge on any atom is -0.406 e. The average molecular weight is 453 g/mol. The Morgan fingerprint density at radius 2 is 1.61 bits per heavy atom. The van der Waals surface area contributed by atoms with Crippen LogP contribution in [0.15, 0.2) is 59.3 Å². The molecule has 0 unspecified atom stereocenters. The van der Waals surface area contributed by atoms with Crippen molar-refractivity contribution < 1.29 is 26.7 Å². The van der Waals surface area contributed by atoms with E-state index in [9.17, 15) is 22.0 Å². The van der Waals surface area contributed by atoms with Crippen molar-refractivity contribution in [2.75, 3.05) is 0 Å². The SMILES string of the molecule is Cc1ccc(OC(F)(F)F)cc1.Cn1nc(-c2c(F)cccc2F)nc1-c1ccsc1. The summed E-state index contributed by atoms with van der Waals surface area (Å²) in [7, 11) is 1.70. The number of nitrogens with zero attached hydrogens (tertiary/aromatic N) is 3. The molecule has 10 heteroatoms. The Kier molecular flexibility index (Phi) is 6.69. The highest BCUT2D eigenvalue weighted by Gasteiger charge is 2.30. The number of halogens is 5. The smallest absolute Gasteiger partial charge is 0.406 e. The van der Waals surface area contributed by atoms with Crippen LogP contribution >= 0.6 is 11.3 Å². The van der Waals surface area contributed by atoms with Crippen molar-refractivity contribution in [2.24, 2.45) is 7.05 Å². The van der Waals surface area contributed by atoms with Crippen LogP contribution in [0.3, 0.4) is 0 Å². The molecule has 2 aromatic heterocycles. The van der Waals surface area contributed by atoms with Crippen LogP contribution < -0.4 is 4.74 Å². The van der Waals surface area contributed by atoms with Gasteiger partial charge in [0.15, 0.2) is 11.6 Å². The summed E-state index contributed by atoms with van der Waals surface area (Å²) in [6.45, 7) is 1.79. The summed E-state index contributed by atoms with van der Waals surface area (Å²) in [6.07, 6.45) is -4.60. The Morgan fingerprint density at radius 1 is 0.968 bits per heavy atom. The number of rotatable bonds is 3. The molecule has 0 radical (unpaired) electrons. The molecule has 31 heavy (non-hydrogen) atoms. The van der Waals surface area contributed by atoms with Crippen molar-refractivity contribution in [3.8, 4) is 28.5 Å². The fourth-order valence-corrected chi connectivity index (χ4v) is 3.22. The van der Waals surface area contributed by atoms with Gasteiger partial charge in [-0.05, 0) is 42.6 Å². The van der Waals surface area contributed by atoms with Crippen molar-refractivity contribution in [3.05, 3.63) is 76.5 Å². The van der Waals surface area contributed by atoms with Crippen molar-refractivity contribution in [2.45, 2.75) is 13.3 Å². The van der Waals surface area contributed by atoms with Crippen LogP contribution in [0.1, 0.15) is 5.56 Å². The zero-order valence-corrected chi connectivity index (χ0v) is 17.1. The molecule has 0 spiro atoms. The lowest BCUT2D eigenvalue weighted by atomic mass is 10.2. The standard InChI is InChI=1S/C13H9F2N3S.C8H7F3O/c1-18-13(8-5-6-19-7-8)16-12(17-18)11-9(14)3-2-4-10(11)15;1-6-2-4-7(5-3-6)12-8(9,10)11/h2-7H,1H3;2-5H,1H3. The van der Waals surface area contributed by atoms with Gasteiger partial charge in [0.1, 0.15) is 17.4 Å². The second kappa shape index (κ2) is 9.25. The van der Waals surface area contributed by atoms with E-state index >= 15 is 0 Å². The monoisotopic (exact) mass is 453 g/mol. The summed E-state index contributed by atoms with van der Waals surface area (Å²) in [5.41, 5.74) is 1.58. The first-order valence-electron chi connectivity index (χ1n) is 8.84. The lowest BCUT2D eigenvalue weighted by molar-refractivity contribution is -0.274. The lowest BCUT2D eigenvalue weighted by Gasteiger charge is -2.08. The minimum absolute atomic E-state index is 0.0549. The molecular formula is C21H16F5N3OS. The number of benzene rings is 2. The molecule has 4 rings (SSSR count). The van der Waals surface area contributed by atoms with E-state index in [-0.39, 0.29) is 17.1 Å². The van der Waals surface area contributed by atoms with Crippen molar-refractivity contribution in [1.29, 1.82) is 0 Å². The second-order valence-corrected chi connectivity index (χ2v) is 7.13. The maximum atomic E-state index is 13.7. The number of thiophene rings is 1. The predicted octanol–water partition coefficient (Wildman–Crippen LogP) is 6.38. The summed E-state index contributed by atoms with van der Waals surface area (Å²) in [4.78, 5) is 4.22. The molecule has 4 aromatic rings. The van der Waals surface area contributed by atoms with Gasteiger partial charge in [0, 0.05) is 18.0 Å². The van der Waals surface area contributed by atoms with Crippen LogP contribution in [0.4, 0.5) is 22.0 Å². The summed E-state index contributed by atoms with van der Waals surface area (Å²) >= 11 is 1.53. The molecule has 4 nitrogen and oxygen atoms in total. The van der Waals surface area contributed by atoms with Gasteiger partial charge in [-0.1, -0.05) is 23.8 Å². The average Bonchev–Trinajstić information content (AvgIpc) is 3.33. The highest BCUT2D eigenvalue weighted by atomic mass is 32.1. The van der Waals surface area contributed by atoms with Gasteiger partial charge in [-0.2, -0.15) is 16.4 Å². The van der Waals surface area contributed by atoms with Crippen molar-refractivity contribution >= 4 is 11.3 Å². The minimum atomic E-state index is -4.60. The fraction of sp³-hybridized carbons (Fsp3) is 0.143. The molecule has 0 N–H and O–H groups in total. The topological polar surface area (TPSA) is 39.9 Å². The maximum Gasteiger partial charge on any atom is 0.573 e. The number of alkyl halides is 3. The van der Waals surface area contributed by atoms with Gasteiger partial charge in [0.25, 0.3) is 0 Å². The number of aromatic nitrogens is 3. The summed E-state index contributed by atoms with van der Waals surface area (Å²) in [6, 6.07) is 11.3. The largest absolute Gasteiger partial charge is 0.573 e. The molecule has 162 valence electrons. The zero-order valence-electron chi connectivity index (χ0n) is 16.3. The maximum absolute atomic E-state index is 13.7. The van der Waals surface area contributed by atoms with Crippen LogP contribution in [-0.4, -0.2) is 21.1 Å². The van der Waals surface area contributed by atoms with Crippen LogP contribution in [0.5, 0.6) is 5.75 Å². The molecule has 2 heterocycles. The van der Waals surface area contributed by atoms with E-state index < -0.39 is 18.0 Å². The Balaban J connectivity index is 0.000000196. The van der Waals surface area contributed by atoms with E-state index in [1.807, 2.05) is 16.8 Å². The van der Waals surface area contributed by atoms with Gasteiger partial charge < -0.3 is 4.74 Å². The molecule has 0 aliphatic rings. The highest BCUT2D eigenvalue weighted by Crippen LogP contribution is 2.27. The molecule has 0 saturated heterocycles. The van der Waals surface area contributed by atoms with Gasteiger partial charge in [-0.15, -0.1) is 13.2 Å². The van der Waals surface area contributed by atoms with Gasteiger partial charge in [0.05, 0.1) is 5.56 Å². The van der Waals surface area contributed by atoms with E-state index in [0.717, 1.165) is 11.1 Å². The molecule has 0 aliphatic heterocycles.